The van der Waals surface area contributed by atoms with Gasteiger partial charge in [-0.05, 0) is 66.0 Å². The second-order valence-electron chi connectivity index (χ2n) is 8.23. The molecule has 0 saturated carbocycles. The normalized spacial score (nSPS) is 12.0. The van der Waals surface area contributed by atoms with Crippen LogP contribution in [0.1, 0.15) is 28.5 Å². The molecular formula is C25H23BrN6O3S. The zero-order valence-corrected chi connectivity index (χ0v) is 22.3. The number of fused-ring (bicyclic) bond motifs is 3. The molecule has 0 saturated heterocycles. The number of hydrogen-bond donors (Lipinski definition) is 1. The van der Waals surface area contributed by atoms with Crippen LogP contribution in [0.5, 0.6) is 0 Å². The molecule has 3 aromatic heterocycles. The first-order valence-corrected chi connectivity index (χ1v) is 12.9. The lowest BCUT2D eigenvalue weighted by atomic mass is 9.95. The Labute approximate surface area is 220 Å². The van der Waals surface area contributed by atoms with E-state index < -0.39 is 6.09 Å². The highest BCUT2D eigenvalue weighted by molar-refractivity contribution is 9.10. The van der Waals surface area contributed by atoms with Crippen molar-refractivity contribution in [1.29, 1.82) is 0 Å². The number of thiazole rings is 1. The summed E-state index contributed by atoms with van der Waals surface area (Å²) in [7, 11) is 3.10. The Morgan fingerprint density at radius 3 is 2.81 bits per heavy atom. The van der Waals surface area contributed by atoms with Gasteiger partial charge in [-0.1, -0.05) is 11.3 Å². The van der Waals surface area contributed by atoms with E-state index in [1.165, 1.54) is 18.4 Å². The molecule has 0 fully saturated rings. The number of halogens is 1. The molecule has 1 aromatic carbocycles. The fourth-order valence-corrected chi connectivity index (χ4v) is 5.75. The first-order valence-electron chi connectivity index (χ1n) is 11.3. The fourth-order valence-electron chi connectivity index (χ4n) is 4.15. The first kappa shape index (κ1) is 24.1. The molecule has 1 aliphatic rings. The molecule has 3 heterocycles. The van der Waals surface area contributed by atoms with Gasteiger partial charge in [0.25, 0.3) is 5.91 Å². The Kier molecular flexibility index (Phi) is 6.59. The molecule has 0 aliphatic heterocycles. The van der Waals surface area contributed by atoms with E-state index in [9.17, 15) is 9.59 Å². The minimum absolute atomic E-state index is 0.0495. The van der Waals surface area contributed by atoms with E-state index in [0.717, 1.165) is 56.1 Å². The molecule has 4 aromatic rings. The van der Waals surface area contributed by atoms with Crippen molar-refractivity contribution < 1.29 is 14.3 Å². The average Bonchev–Trinajstić information content (AvgIpc) is 3.49. The number of benzene rings is 1. The summed E-state index contributed by atoms with van der Waals surface area (Å²) in [5, 5.41) is 8.17. The molecule has 1 N–H and O–H groups in total. The lowest BCUT2D eigenvalue weighted by Crippen LogP contribution is -2.26. The zero-order chi connectivity index (χ0) is 25.4. The highest BCUT2D eigenvalue weighted by Gasteiger charge is 2.30. The number of ether oxygens (including phenoxy) is 1. The second-order valence-corrected chi connectivity index (χ2v) is 10.1. The summed E-state index contributed by atoms with van der Waals surface area (Å²) in [6, 6.07) is 9.41. The molecule has 0 radical (unpaired) electrons. The number of carbonyl (C=O) groups is 2. The maximum Gasteiger partial charge on any atom is 0.413 e. The minimum Gasteiger partial charge on any atom is -0.453 e. The van der Waals surface area contributed by atoms with Crippen LogP contribution in [-0.4, -0.2) is 57.4 Å². The smallest absolute Gasteiger partial charge is 0.413 e. The van der Waals surface area contributed by atoms with E-state index in [2.05, 4.69) is 31.2 Å². The summed E-state index contributed by atoms with van der Waals surface area (Å²) >= 11 is 5.06. The van der Waals surface area contributed by atoms with Crippen molar-refractivity contribution in [3.8, 4) is 27.5 Å². The SMILES string of the molecule is CCN(C)C(=O)c1ccc(-n2nc(-c3cccnc3)c3c2-c2sc(NC(=O)OC)nc2CC3)c(Br)c1. The highest BCUT2D eigenvalue weighted by Crippen LogP contribution is 2.44. The summed E-state index contributed by atoms with van der Waals surface area (Å²) in [5.41, 5.74) is 6.04. The molecule has 1 aliphatic carbocycles. The quantitative estimate of drug-likeness (QED) is 0.356. The van der Waals surface area contributed by atoms with Gasteiger partial charge in [-0.25, -0.2) is 14.5 Å². The van der Waals surface area contributed by atoms with Gasteiger partial charge in [0, 0.05) is 47.1 Å². The molecule has 184 valence electrons. The van der Waals surface area contributed by atoms with Gasteiger partial charge in [0.2, 0.25) is 0 Å². The average molecular weight is 567 g/mol. The van der Waals surface area contributed by atoms with E-state index >= 15 is 0 Å². The summed E-state index contributed by atoms with van der Waals surface area (Å²) in [4.78, 5) is 36.0. The number of nitrogens with zero attached hydrogens (tertiary/aromatic N) is 5. The molecule has 0 unspecified atom stereocenters. The van der Waals surface area contributed by atoms with E-state index in [1.807, 2.05) is 41.9 Å². The number of methoxy groups -OCH3 is 1. The summed E-state index contributed by atoms with van der Waals surface area (Å²) in [6.45, 7) is 2.56. The van der Waals surface area contributed by atoms with Crippen LogP contribution in [0.3, 0.4) is 0 Å². The summed E-state index contributed by atoms with van der Waals surface area (Å²) in [5.74, 6) is -0.0495. The van der Waals surface area contributed by atoms with Crippen LogP contribution >= 0.6 is 27.3 Å². The number of carbonyl (C=O) groups excluding carboxylic acids is 2. The number of aromatic nitrogens is 4. The predicted molar refractivity (Wildman–Crippen MR) is 142 cm³/mol. The number of hydrogen-bond acceptors (Lipinski definition) is 7. The lowest BCUT2D eigenvalue weighted by molar-refractivity contribution is 0.0802. The van der Waals surface area contributed by atoms with Gasteiger partial charge in [0.05, 0.1) is 34.8 Å². The van der Waals surface area contributed by atoms with Gasteiger partial charge in [0.1, 0.15) is 0 Å². The first-order chi connectivity index (χ1) is 17.4. The van der Waals surface area contributed by atoms with Crippen LogP contribution in [0.2, 0.25) is 0 Å². The Morgan fingerprint density at radius 2 is 2.11 bits per heavy atom. The van der Waals surface area contributed by atoms with Gasteiger partial charge in [-0.2, -0.15) is 5.10 Å². The third-order valence-electron chi connectivity index (χ3n) is 6.08. The third-order valence-corrected chi connectivity index (χ3v) is 7.74. The Balaban J connectivity index is 1.67. The van der Waals surface area contributed by atoms with Crippen LogP contribution in [-0.2, 0) is 17.6 Å². The molecular weight excluding hydrogens is 544 g/mol. The van der Waals surface area contributed by atoms with Crippen molar-refractivity contribution in [2.75, 3.05) is 26.0 Å². The molecule has 0 bridgehead atoms. The van der Waals surface area contributed by atoms with Crippen LogP contribution in [0, 0.1) is 0 Å². The van der Waals surface area contributed by atoms with E-state index in [4.69, 9.17) is 9.84 Å². The Bertz CT molecular complexity index is 1470. The van der Waals surface area contributed by atoms with Crippen LogP contribution in [0.25, 0.3) is 27.5 Å². The van der Waals surface area contributed by atoms with Crippen molar-refractivity contribution in [3.63, 3.8) is 0 Å². The van der Waals surface area contributed by atoms with Crippen molar-refractivity contribution in [2.24, 2.45) is 0 Å². The second kappa shape index (κ2) is 9.82. The number of anilines is 1. The Hall–Kier alpha value is -3.57. The van der Waals surface area contributed by atoms with Crippen molar-refractivity contribution in [3.05, 3.63) is 64.0 Å². The van der Waals surface area contributed by atoms with E-state index in [1.54, 1.807) is 24.3 Å². The zero-order valence-electron chi connectivity index (χ0n) is 19.9. The molecule has 5 rings (SSSR count). The summed E-state index contributed by atoms with van der Waals surface area (Å²) < 4.78 is 7.36. The van der Waals surface area contributed by atoms with Crippen molar-refractivity contribution in [2.45, 2.75) is 19.8 Å². The molecule has 11 heteroatoms. The molecule has 2 amide bonds. The maximum absolute atomic E-state index is 12.7. The van der Waals surface area contributed by atoms with Crippen molar-refractivity contribution in [1.82, 2.24) is 24.6 Å². The number of pyridine rings is 1. The van der Waals surface area contributed by atoms with Crippen LogP contribution < -0.4 is 5.32 Å². The summed E-state index contributed by atoms with van der Waals surface area (Å²) in [6.07, 6.45) is 4.43. The number of nitrogens with one attached hydrogen (secondary N) is 1. The van der Waals surface area contributed by atoms with E-state index in [0.29, 0.717) is 17.2 Å². The van der Waals surface area contributed by atoms with Gasteiger partial charge >= 0.3 is 6.09 Å². The van der Waals surface area contributed by atoms with Crippen LogP contribution in [0.4, 0.5) is 9.93 Å². The molecule has 0 atom stereocenters. The van der Waals surface area contributed by atoms with E-state index in [-0.39, 0.29) is 5.91 Å². The Morgan fingerprint density at radius 1 is 1.28 bits per heavy atom. The lowest BCUT2D eigenvalue weighted by Gasteiger charge is -2.17. The largest absolute Gasteiger partial charge is 0.453 e. The number of amides is 2. The van der Waals surface area contributed by atoms with Crippen molar-refractivity contribution >= 4 is 44.4 Å². The molecule has 36 heavy (non-hydrogen) atoms. The fraction of sp³-hybridized carbons (Fsp3) is 0.240. The number of rotatable bonds is 5. The third kappa shape index (κ3) is 4.28. The van der Waals surface area contributed by atoms with Gasteiger partial charge in [0.15, 0.2) is 5.13 Å². The highest BCUT2D eigenvalue weighted by atomic mass is 79.9. The monoisotopic (exact) mass is 566 g/mol. The predicted octanol–water partition coefficient (Wildman–Crippen LogP) is 5.19. The maximum atomic E-state index is 12.7. The topological polar surface area (TPSA) is 102 Å². The molecule has 9 nitrogen and oxygen atoms in total. The molecule has 0 spiro atoms. The van der Waals surface area contributed by atoms with Gasteiger partial charge in [-0.15, -0.1) is 0 Å². The van der Waals surface area contributed by atoms with Crippen LogP contribution in [0.15, 0.2) is 47.2 Å². The van der Waals surface area contributed by atoms with Gasteiger partial charge < -0.3 is 9.64 Å². The number of aryl methyl sites for hydroxylation is 1. The minimum atomic E-state index is -0.564. The standard InChI is InChI=1S/C25H23BrN6O3S/c1-4-31(2)23(33)14-7-10-19(17(26)12-14)32-21-16(20(30-32)15-6-5-11-27-13-15)8-9-18-22(21)36-24(28-18)29-25(34)35-3/h5-7,10-13H,4,8-9H2,1-3H3,(H,28,29,34). The van der Waals surface area contributed by atoms with Gasteiger partial charge in [-0.3, -0.25) is 15.1 Å².